The van der Waals surface area contributed by atoms with Crippen molar-refractivity contribution in [2.45, 2.75) is 45.6 Å². The van der Waals surface area contributed by atoms with Gasteiger partial charge in [-0.05, 0) is 64.7 Å². The zero-order valence-electron chi connectivity index (χ0n) is 10.9. The Morgan fingerprint density at radius 1 is 1.20 bits per heavy atom. The summed E-state index contributed by atoms with van der Waals surface area (Å²) >= 11 is 0. The van der Waals surface area contributed by atoms with E-state index in [1.165, 1.54) is 38.8 Å². The maximum Gasteiger partial charge on any atom is 0.00942 e. The number of rotatable bonds is 5. The standard InChI is InChI=1S/C13H28N2/c1-11(2)9-13(15(3)4)10-12-5-7-14-8-6-12/h11-14H,5-10H2,1-4H3. The summed E-state index contributed by atoms with van der Waals surface area (Å²) < 4.78 is 0. The van der Waals surface area contributed by atoms with E-state index in [1.54, 1.807) is 0 Å². The van der Waals surface area contributed by atoms with Crippen LogP contribution in [0, 0.1) is 11.8 Å². The second-order valence-electron chi connectivity index (χ2n) is 5.68. The molecule has 2 heteroatoms. The molecule has 1 atom stereocenters. The van der Waals surface area contributed by atoms with E-state index >= 15 is 0 Å². The fourth-order valence-electron chi connectivity index (χ4n) is 2.56. The maximum atomic E-state index is 3.44. The van der Waals surface area contributed by atoms with Crippen molar-refractivity contribution < 1.29 is 0 Å². The fraction of sp³-hybridized carbons (Fsp3) is 1.00. The summed E-state index contributed by atoms with van der Waals surface area (Å²) in [7, 11) is 4.46. The molecule has 15 heavy (non-hydrogen) atoms. The Morgan fingerprint density at radius 2 is 1.80 bits per heavy atom. The molecule has 1 rings (SSSR count). The molecule has 0 radical (unpaired) electrons. The largest absolute Gasteiger partial charge is 0.317 e. The van der Waals surface area contributed by atoms with Crippen molar-refractivity contribution in [2.24, 2.45) is 11.8 Å². The zero-order valence-corrected chi connectivity index (χ0v) is 10.9. The van der Waals surface area contributed by atoms with Crippen LogP contribution in [0.3, 0.4) is 0 Å². The molecular formula is C13H28N2. The van der Waals surface area contributed by atoms with Gasteiger partial charge in [-0.2, -0.15) is 0 Å². The Balaban J connectivity index is 2.35. The molecule has 1 aliphatic heterocycles. The van der Waals surface area contributed by atoms with E-state index in [9.17, 15) is 0 Å². The molecule has 0 bridgehead atoms. The first-order valence-electron chi connectivity index (χ1n) is 6.46. The number of piperidine rings is 1. The molecule has 90 valence electrons. The molecule has 0 aromatic rings. The van der Waals surface area contributed by atoms with Crippen LogP contribution in [0.15, 0.2) is 0 Å². The van der Waals surface area contributed by atoms with E-state index in [4.69, 9.17) is 0 Å². The lowest BCUT2D eigenvalue weighted by Gasteiger charge is -2.31. The normalized spacial score (nSPS) is 21.2. The minimum Gasteiger partial charge on any atom is -0.317 e. The van der Waals surface area contributed by atoms with Gasteiger partial charge in [0.15, 0.2) is 0 Å². The SMILES string of the molecule is CC(C)CC(CC1CCNCC1)N(C)C. The summed E-state index contributed by atoms with van der Waals surface area (Å²) in [6, 6.07) is 0.785. The van der Waals surface area contributed by atoms with Crippen molar-refractivity contribution in [3.63, 3.8) is 0 Å². The third kappa shape index (κ3) is 4.98. The Hall–Kier alpha value is -0.0800. The number of hydrogen-bond donors (Lipinski definition) is 1. The third-order valence-electron chi connectivity index (χ3n) is 3.54. The average Bonchev–Trinajstić information content (AvgIpc) is 2.17. The highest BCUT2D eigenvalue weighted by molar-refractivity contribution is 4.76. The molecule has 1 fully saturated rings. The molecule has 1 aliphatic rings. The van der Waals surface area contributed by atoms with Gasteiger partial charge >= 0.3 is 0 Å². The highest BCUT2D eigenvalue weighted by Gasteiger charge is 2.20. The summed E-state index contributed by atoms with van der Waals surface area (Å²) in [5.41, 5.74) is 0. The first-order chi connectivity index (χ1) is 7.09. The van der Waals surface area contributed by atoms with Crippen LogP contribution in [0.2, 0.25) is 0 Å². The van der Waals surface area contributed by atoms with Crippen LogP contribution in [-0.2, 0) is 0 Å². The molecule has 1 saturated heterocycles. The van der Waals surface area contributed by atoms with E-state index in [1.807, 2.05) is 0 Å². The van der Waals surface area contributed by atoms with E-state index in [2.05, 4.69) is 38.2 Å². The molecule has 0 aromatic carbocycles. The molecule has 0 amide bonds. The van der Waals surface area contributed by atoms with Crippen LogP contribution in [0.25, 0.3) is 0 Å². The zero-order chi connectivity index (χ0) is 11.3. The molecule has 0 aromatic heterocycles. The van der Waals surface area contributed by atoms with Crippen molar-refractivity contribution in [3.05, 3.63) is 0 Å². The van der Waals surface area contributed by atoms with Gasteiger partial charge in [0.2, 0.25) is 0 Å². The van der Waals surface area contributed by atoms with Crippen LogP contribution in [0.4, 0.5) is 0 Å². The van der Waals surface area contributed by atoms with Crippen LogP contribution in [0.1, 0.15) is 39.5 Å². The van der Waals surface area contributed by atoms with Gasteiger partial charge in [-0.3, -0.25) is 0 Å². The molecule has 1 heterocycles. The average molecular weight is 212 g/mol. The molecular weight excluding hydrogens is 184 g/mol. The summed E-state index contributed by atoms with van der Waals surface area (Å²) in [6.07, 6.45) is 5.49. The van der Waals surface area contributed by atoms with Gasteiger partial charge in [0.1, 0.15) is 0 Å². The third-order valence-corrected chi connectivity index (χ3v) is 3.54. The summed E-state index contributed by atoms with van der Waals surface area (Å²) in [5.74, 6) is 1.77. The van der Waals surface area contributed by atoms with Crippen LogP contribution >= 0.6 is 0 Å². The molecule has 0 saturated carbocycles. The van der Waals surface area contributed by atoms with Gasteiger partial charge in [-0.25, -0.2) is 0 Å². The monoisotopic (exact) mass is 212 g/mol. The van der Waals surface area contributed by atoms with Gasteiger partial charge < -0.3 is 10.2 Å². The maximum absolute atomic E-state index is 3.44. The summed E-state index contributed by atoms with van der Waals surface area (Å²) in [5, 5.41) is 3.44. The Morgan fingerprint density at radius 3 is 2.27 bits per heavy atom. The van der Waals surface area contributed by atoms with Gasteiger partial charge in [0.25, 0.3) is 0 Å². The van der Waals surface area contributed by atoms with E-state index in [0.29, 0.717) is 0 Å². The molecule has 0 spiro atoms. The molecule has 0 aliphatic carbocycles. The summed E-state index contributed by atoms with van der Waals surface area (Å²) in [4.78, 5) is 2.42. The second-order valence-corrected chi connectivity index (χ2v) is 5.68. The van der Waals surface area contributed by atoms with Crippen LogP contribution in [-0.4, -0.2) is 38.1 Å². The van der Waals surface area contributed by atoms with Crippen molar-refractivity contribution in [1.82, 2.24) is 10.2 Å². The van der Waals surface area contributed by atoms with E-state index < -0.39 is 0 Å². The minimum absolute atomic E-state index is 0.785. The van der Waals surface area contributed by atoms with Gasteiger partial charge in [0.05, 0.1) is 0 Å². The van der Waals surface area contributed by atoms with Crippen molar-refractivity contribution in [3.8, 4) is 0 Å². The molecule has 1 N–H and O–H groups in total. The molecule has 2 nitrogen and oxygen atoms in total. The molecule has 1 unspecified atom stereocenters. The van der Waals surface area contributed by atoms with Crippen molar-refractivity contribution in [2.75, 3.05) is 27.2 Å². The lowest BCUT2D eigenvalue weighted by atomic mass is 9.87. The number of nitrogens with zero attached hydrogens (tertiary/aromatic N) is 1. The highest BCUT2D eigenvalue weighted by Crippen LogP contribution is 2.23. The lowest BCUT2D eigenvalue weighted by Crippen LogP contribution is -2.35. The second kappa shape index (κ2) is 6.49. The Labute approximate surface area is 95.4 Å². The highest BCUT2D eigenvalue weighted by atomic mass is 15.1. The smallest absolute Gasteiger partial charge is 0.00942 e. The van der Waals surface area contributed by atoms with Gasteiger partial charge in [-0.1, -0.05) is 13.8 Å². The Bertz CT molecular complexity index is 160. The first-order valence-corrected chi connectivity index (χ1v) is 6.46. The summed E-state index contributed by atoms with van der Waals surface area (Å²) in [6.45, 7) is 7.12. The topological polar surface area (TPSA) is 15.3 Å². The number of nitrogens with one attached hydrogen (secondary N) is 1. The Kier molecular flexibility index (Phi) is 5.62. The van der Waals surface area contributed by atoms with Crippen LogP contribution in [0.5, 0.6) is 0 Å². The first kappa shape index (κ1) is 13.0. The lowest BCUT2D eigenvalue weighted by molar-refractivity contribution is 0.196. The quantitative estimate of drug-likeness (QED) is 0.752. The van der Waals surface area contributed by atoms with E-state index in [-0.39, 0.29) is 0 Å². The van der Waals surface area contributed by atoms with E-state index in [0.717, 1.165) is 17.9 Å². The predicted molar refractivity (Wildman–Crippen MR) is 67.1 cm³/mol. The predicted octanol–water partition coefficient (Wildman–Crippen LogP) is 2.35. The number of hydrogen-bond acceptors (Lipinski definition) is 2. The van der Waals surface area contributed by atoms with Gasteiger partial charge in [0, 0.05) is 6.04 Å². The minimum atomic E-state index is 0.785. The van der Waals surface area contributed by atoms with Gasteiger partial charge in [-0.15, -0.1) is 0 Å². The van der Waals surface area contributed by atoms with Crippen molar-refractivity contribution in [1.29, 1.82) is 0 Å². The van der Waals surface area contributed by atoms with Crippen molar-refractivity contribution >= 4 is 0 Å². The fourth-order valence-corrected chi connectivity index (χ4v) is 2.56. The van der Waals surface area contributed by atoms with Crippen LogP contribution < -0.4 is 5.32 Å².